The fraction of sp³-hybridized carbons (Fsp3) is 0.391. The average Bonchev–Trinajstić information content (AvgIpc) is 3.55. The first kappa shape index (κ1) is 21.1. The number of amides is 2. The number of anilines is 1. The van der Waals surface area contributed by atoms with E-state index in [1.54, 1.807) is 24.5 Å². The van der Waals surface area contributed by atoms with E-state index in [-0.39, 0.29) is 17.9 Å². The van der Waals surface area contributed by atoms with Gasteiger partial charge in [-0.25, -0.2) is 4.79 Å². The lowest BCUT2D eigenvalue weighted by molar-refractivity contribution is -0.111. The number of thiophene rings is 1. The average molecular weight is 437 g/mol. The van der Waals surface area contributed by atoms with Crippen LogP contribution in [0, 0.1) is 23.2 Å². The molecule has 0 saturated heterocycles. The molecule has 160 valence electrons. The summed E-state index contributed by atoms with van der Waals surface area (Å²) in [5, 5.41) is 15.9. The van der Waals surface area contributed by atoms with E-state index in [0.717, 1.165) is 35.3 Å². The van der Waals surface area contributed by atoms with Crippen LogP contribution in [0.5, 0.6) is 0 Å². The molecular weight excluding hydrogens is 412 g/mol. The van der Waals surface area contributed by atoms with E-state index in [0.29, 0.717) is 29.6 Å². The van der Waals surface area contributed by atoms with Crippen molar-refractivity contribution in [3.63, 3.8) is 0 Å². The van der Waals surface area contributed by atoms with Crippen molar-refractivity contribution >= 4 is 34.4 Å². The summed E-state index contributed by atoms with van der Waals surface area (Å²) in [6.07, 6.45) is 10.8. The Hall–Kier alpha value is -3.18. The number of carbonyl (C=O) groups is 2. The molecule has 2 heterocycles. The van der Waals surface area contributed by atoms with Crippen LogP contribution in [0.2, 0.25) is 0 Å². The lowest BCUT2D eigenvalue weighted by Gasteiger charge is -2.21. The third-order valence-electron chi connectivity index (χ3n) is 5.51. The Balaban J connectivity index is 1.34. The van der Waals surface area contributed by atoms with Gasteiger partial charge in [0.1, 0.15) is 11.1 Å². The monoisotopic (exact) mass is 436 g/mol. The highest BCUT2D eigenvalue weighted by molar-refractivity contribution is 7.16. The van der Waals surface area contributed by atoms with Gasteiger partial charge in [-0.3, -0.25) is 9.78 Å². The minimum Gasteiger partial charge on any atom is -0.449 e. The highest BCUT2D eigenvalue weighted by Crippen LogP contribution is 2.39. The molecule has 1 saturated carbocycles. The summed E-state index contributed by atoms with van der Waals surface area (Å²) in [7, 11) is 0. The Kier molecular flexibility index (Phi) is 6.63. The number of aromatic nitrogens is 1. The van der Waals surface area contributed by atoms with Gasteiger partial charge in [0.25, 0.3) is 0 Å². The number of nitriles is 1. The van der Waals surface area contributed by atoms with Crippen LogP contribution in [0.4, 0.5) is 9.80 Å². The molecule has 2 amide bonds. The molecule has 0 radical (unpaired) electrons. The van der Waals surface area contributed by atoms with Crippen LogP contribution in [-0.2, 0) is 22.4 Å². The van der Waals surface area contributed by atoms with Crippen LogP contribution in [0.15, 0.2) is 30.6 Å². The lowest BCUT2D eigenvalue weighted by Crippen LogP contribution is -2.29. The van der Waals surface area contributed by atoms with Gasteiger partial charge in [0.2, 0.25) is 5.91 Å². The first-order valence-corrected chi connectivity index (χ1v) is 11.3. The zero-order valence-corrected chi connectivity index (χ0v) is 17.9. The van der Waals surface area contributed by atoms with Gasteiger partial charge in [-0.1, -0.05) is 6.07 Å². The minimum absolute atomic E-state index is 0.221. The normalized spacial score (nSPS) is 17.6. The van der Waals surface area contributed by atoms with Crippen molar-refractivity contribution in [2.24, 2.45) is 11.8 Å². The van der Waals surface area contributed by atoms with Crippen molar-refractivity contribution in [2.45, 2.75) is 32.1 Å². The molecular formula is C23H24N4O3S. The molecule has 0 aromatic carbocycles. The standard InChI is InChI=1S/C23H24N4O3S/c24-11-19-18-7-5-17(14-30-23(29)26-13-16-3-4-16)10-20(18)31-22(19)27-21(28)8-6-15-2-1-9-25-12-15/h1-2,6,8-9,12,16-17H,3-5,7,10,13-14H2,(H,26,29)(H,27,28). The number of ether oxygens (including phenoxy) is 1. The summed E-state index contributed by atoms with van der Waals surface area (Å²) in [6.45, 7) is 1.06. The number of alkyl carbamates (subject to hydrolysis) is 1. The maximum absolute atomic E-state index is 12.3. The number of fused-ring (bicyclic) bond motifs is 1. The van der Waals surface area contributed by atoms with Gasteiger partial charge in [-0.2, -0.15) is 5.26 Å². The van der Waals surface area contributed by atoms with Gasteiger partial charge in [0, 0.05) is 29.9 Å². The highest BCUT2D eigenvalue weighted by Gasteiger charge is 2.27. The minimum atomic E-state index is -0.352. The zero-order chi connectivity index (χ0) is 21.6. The SMILES string of the molecule is N#Cc1c(NC(=O)C=Cc2cccnc2)sc2c1CCC(COC(=O)NCC1CC1)C2. The van der Waals surface area contributed by atoms with Crippen molar-refractivity contribution in [3.8, 4) is 6.07 Å². The molecule has 0 spiro atoms. The summed E-state index contributed by atoms with van der Waals surface area (Å²) in [6, 6.07) is 5.91. The molecule has 2 N–H and O–H groups in total. The van der Waals surface area contributed by atoms with E-state index in [1.165, 1.54) is 30.3 Å². The van der Waals surface area contributed by atoms with Crippen LogP contribution >= 0.6 is 11.3 Å². The third-order valence-corrected chi connectivity index (χ3v) is 6.68. The van der Waals surface area contributed by atoms with Gasteiger partial charge in [0.05, 0.1) is 12.2 Å². The van der Waals surface area contributed by atoms with Crippen LogP contribution in [0.3, 0.4) is 0 Å². The Labute approximate surface area is 185 Å². The van der Waals surface area contributed by atoms with Gasteiger partial charge in [-0.15, -0.1) is 11.3 Å². The van der Waals surface area contributed by atoms with Gasteiger partial charge in [-0.05, 0) is 67.2 Å². The molecule has 0 aliphatic heterocycles. The first-order chi connectivity index (χ1) is 15.1. The molecule has 1 unspecified atom stereocenters. The van der Waals surface area contributed by atoms with Crippen LogP contribution in [-0.4, -0.2) is 30.1 Å². The van der Waals surface area contributed by atoms with Crippen molar-refractivity contribution in [3.05, 3.63) is 52.2 Å². The molecule has 4 rings (SSSR count). The quantitative estimate of drug-likeness (QED) is 0.641. The molecule has 2 aliphatic carbocycles. The van der Waals surface area contributed by atoms with Crippen molar-refractivity contribution in [1.82, 2.24) is 10.3 Å². The number of rotatable bonds is 7. The maximum Gasteiger partial charge on any atom is 0.407 e. The molecule has 7 nitrogen and oxygen atoms in total. The summed E-state index contributed by atoms with van der Waals surface area (Å²) in [5.74, 6) is 0.553. The molecule has 2 aromatic rings. The molecule has 8 heteroatoms. The molecule has 2 aromatic heterocycles. The first-order valence-electron chi connectivity index (χ1n) is 10.5. The zero-order valence-electron chi connectivity index (χ0n) is 17.1. The Bertz CT molecular complexity index is 1020. The molecule has 2 aliphatic rings. The number of hydrogen-bond acceptors (Lipinski definition) is 6. The van der Waals surface area contributed by atoms with Crippen LogP contribution < -0.4 is 10.6 Å². The Morgan fingerprint density at radius 3 is 2.94 bits per heavy atom. The van der Waals surface area contributed by atoms with E-state index >= 15 is 0 Å². The summed E-state index contributed by atoms with van der Waals surface area (Å²) >= 11 is 1.44. The molecule has 1 fully saturated rings. The predicted molar refractivity (Wildman–Crippen MR) is 119 cm³/mol. The summed E-state index contributed by atoms with van der Waals surface area (Å²) < 4.78 is 5.38. The lowest BCUT2D eigenvalue weighted by atomic mass is 9.88. The number of hydrogen-bond donors (Lipinski definition) is 2. The van der Waals surface area contributed by atoms with Crippen molar-refractivity contribution in [2.75, 3.05) is 18.5 Å². The second-order valence-corrected chi connectivity index (χ2v) is 9.07. The van der Waals surface area contributed by atoms with E-state index in [9.17, 15) is 14.9 Å². The van der Waals surface area contributed by atoms with Crippen molar-refractivity contribution in [1.29, 1.82) is 5.26 Å². The van der Waals surface area contributed by atoms with Gasteiger partial charge in [0.15, 0.2) is 0 Å². The molecule has 1 atom stereocenters. The fourth-order valence-electron chi connectivity index (χ4n) is 3.60. The highest BCUT2D eigenvalue weighted by atomic mass is 32.1. The third kappa shape index (κ3) is 5.70. The second-order valence-electron chi connectivity index (χ2n) is 7.96. The summed E-state index contributed by atoms with van der Waals surface area (Å²) in [5.41, 5.74) is 2.38. The maximum atomic E-state index is 12.3. The van der Waals surface area contributed by atoms with E-state index in [4.69, 9.17) is 4.74 Å². The van der Waals surface area contributed by atoms with Crippen LogP contribution in [0.25, 0.3) is 6.08 Å². The number of nitrogens with zero attached hydrogens (tertiary/aromatic N) is 2. The Morgan fingerprint density at radius 2 is 2.19 bits per heavy atom. The van der Waals surface area contributed by atoms with Crippen molar-refractivity contribution < 1.29 is 14.3 Å². The molecule has 31 heavy (non-hydrogen) atoms. The smallest absolute Gasteiger partial charge is 0.407 e. The largest absolute Gasteiger partial charge is 0.449 e. The topological polar surface area (TPSA) is 104 Å². The Morgan fingerprint density at radius 1 is 1.32 bits per heavy atom. The van der Waals surface area contributed by atoms with Gasteiger partial charge < -0.3 is 15.4 Å². The second kappa shape index (κ2) is 9.75. The number of pyridine rings is 1. The number of carbonyl (C=O) groups excluding carboxylic acids is 2. The fourth-order valence-corrected chi connectivity index (χ4v) is 4.91. The van der Waals surface area contributed by atoms with Gasteiger partial charge >= 0.3 is 6.09 Å². The van der Waals surface area contributed by atoms with E-state index in [2.05, 4.69) is 21.7 Å². The van der Waals surface area contributed by atoms with Crippen LogP contribution in [0.1, 0.15) is 40.8 Å². The molecule has 0 bridgehead atoms. The summed E-state index contributed by atoms with van der Waals surface area (Å²) in [4.78, 5) is 29.3. The van der Waals surface area contributed by atoms with E-state index in [1.807, 2.05) is 6.07 Å². The number of nitrogens with one attached hydrogen (secondary N) is 2. The van der Waals surface area contributed by atoms with E-state index < -0.39 is 0 Å². The predicted octanol–water partition coefficient (Wildman–Crippen LogP) is 3.91.